The summed E-state index contributed by atoms with van der Waals surface area (Å²) in [7, 11) is 0. The van der Waals surface area contributed by atoms with E-state index in [9.17, 15) is 4.79 Å². The molecule has 1 aromatic carbocycles. The van der Waals surface area contributed by atoms with Crippen LogP contribution in [0.3, 0.4) is 0 Å². The third-order valence-electron chi connectivity index (χ3n) is 4.49. The summed E-state index contributed by atoms with van der Waals surface area (Å²) in [5.74, 6) is 0.173. The van der Waals surface area contributed by atoms with Gasteiger partial charge in [0, 0.05) is 49.2 Å². The SMILES string of the molecule is CSc1ccc(C(=O)N2CCN(C3CCNC3)CC2)cc1.Cl. The lowest BCUT2D eigenvalue weighted by Crippen LogP contribution is -2.52. The molecule has 0 spiro atoms. The maximum Gasteiger partial charge on any atom is 0.253 e. The number of hydrogen-bond acceptors (Lipinski definition) is 4. The van der Waals surface area contributed by atoms with Crippen molar-refractivity contribution in [1.29, 1.82) is 0 Å². The molecule has 2 aliphatic rings. The third-order valence-corrected chi connectivity index (χ3v) is 5.23. The zero-order chi connectivity index (χ0) is 14.7. The van der Waals surface area contributed by atoms with Gasteiger partial charge in [0.25, 0.3) is 5.91 Å². The van der Waals surface area contributed by atoms with Crippen LogP contribution >= 0.6 is 24.2 Å². The van der Waals surface area contributed by atoms with Crippen molar-refractivity contribution in [2.75, 3.05) is 45.5 Å². The molecule has 122 valence electrons. The summed E-state index contributed by atoms with van der Waals surface area (Å²) in [6, 6.07) is 8.61. The summed E-state index contributed by atoms with van der Waals surface area (Å²) in [5, 5.41) is 3.42. The molecule has 1 aromatic rings. The number of carbonyl (C=O) groups excluding carboxylic acids is 1. The van der Waals surface area contributed by atoms with Crippen LogP contribution in [0.2, 0.25) is 0 Å². The molecule has 0 radical (unpaired) electrons. The van der Waals surface area contributed by atoms with E-state index in [1.807, 2.05) is 35.4 Å². The monoisotopic (exact) mass is 341 g/mol. The number of piperazine rings is 1. The first kappa shape index (κ1) is 17.6. The van der Waals surface area contributed by atoms with Crippen molar-refractivity contribution in [3.63, 3.8) is 0 Å². The van der Waals surface area contributed by atoms with Gasteiger partial charge in [-0.05, 0) is 43.5 Å². The molecule has 2 fully saturated rings. The minimum absolute atomic E-state index is 0. The smallest absolute Gasteiger partial charge is 0.253 e. The second kappa shape index (κ2) is 8.20. The van der Waals surface area contributed by atoms with Gasteiger partial charge in [-0.15, -0.1) is 24.2 Å². The fourth-order valence-electron chi connectivity index (χ4n) is 3.16. The first-order valence-corrected chi connectivity index (χ1v) is 8.88. The summed E-state index contributed by atoms with van der Waals surface area (Å²) in [6.45, 7) is 5.93. The normalized spacial score (nSPS) is 22.4. The molecular formula is C16H24ClN3OS. The van der Waals surface area contributed by atoms with Crippen LogP contribution < -0.4 is 5.32 Å². The van der Waals surface area contributed by atoms with Crippen molar-refractivity contribution < 1.29 is 4.79 Å². The van der Waals surface area contributed by atoms with Crippen LogP contribution in [0.5, 0.6) is 0 Å². The van der Waals surface area contributed by atoms with Crippen LogP contribution in [-0.2, 0) is 0 Å². The number of thioether (sulfide) groups is 1. The second-order valence-corrected chi connectivity index (χ2v) is 6.58. The molecule has 0 saturated carbocycles. The van der Waals surface area contributed by atoms with Gasteiger partial charge in [-0.1, -0.05) is 0 Å². The molecule has 4 nitrogen and oxygen atoms in total. The number of rotatable bonds is 3. The Labute approximate surface area is 143 Å². The predicted molar refractivity (Wildman–Crippen MR) is 94.2 cm³/mol. The van der Waals surface area contributed by atoms with Gasteiger partial charge >= 0.3 is 0 Å². The summed E-state index contributed by atoms with van der Waals surface area (Å²) in [5.41, 5.74) is 0.809. The molecule has 0 aromatic heterocycles. The molecule has 1 amide bonds. The number of nitrogens with one attached hydrogen (secondary N) is 1. The molecular weight excluding hydrogens is 318 g/mol. The quantitative estimate of drug-likeness (QED) is 0.852. The average molecular weight is 342 g/mol. The predicted octanol–water partition coefficient (Wildman–Crippen LogP) is 1.95. The lowest BCUT2D eigenvalue weighted by atomic mass is 10.1. The number of nitrogens with zero attached hydrogens (tertiary/aromatic N) is 2. The van der Waals surface area contributed by atoms with Gasteiger partial charge in [-0.3, -0.25) is 9.69 Å². The van der Waals surface area contributed by atoms with Crippen LogP contribution in [0.15, 0.2) is 29.2 Å². The lowest BCUT2D eigenvalue weighted by Gasteiger charge is -2.37. The summed E-state index contributed by atoms with van der Waals surface area (Å²) < 4.78 is 0. The standard InChI is InChI=1S/C16H23N3OS.ClH/c1-21-15-4-2-13(3-5-15)16(20)19-10-8-18(9-11-19)14-6-7-17-12-14;/h2-5,14,17H,6-12H2,1H3;1H. The van der Waals surface area contributed by atoms with Crippen molar-refractivity contribution in [3.05, 3.63) is 29.8 Å². The highest BCUT2D eigenvalue weighted by atomic mass is 35.5. The lowest BCUT2D eigenvalue weighted by molar-refractivity contribution is 0.0584. The van der Waals surface area contributed by atoms with Crippen LogP contribution in [0.4, 0.5) is 0 Å². The Kier molecular flexibility index (Phi) is 6.56. The van der Waals surface area contributed by atoms with E-state index in [4.69, 9.17) is 0 Å². The van der Waals surface area contributed by atoms with Crippen molar-refractivity contribution >= 4 is 30.1 Å². The van der Waals surface area contributed by atoms with E-state index in [0.717, 1.165) is 44.8 Å². The molecule has 6 heteroatoms. The van der Waals surface area contributed by atoms with E-state index in [1.54, 1.807) is 11.8 Å². The molecule has 0 aliphatic carbocycles. The van der Waals surface area contributed by atoms with Gasteiger partial charge in [0.05, 0.1) is 0 Å². The Balaban J connectivity index is 0.00000176. The molecule has 0 bridgehead atoms. The van der Waals surface area contributed by atoms with Crippen molar-refractivity contribution in [2.45, 2.75) is 17.4 Å². The van der Waals surface area contributed by atoms with Crippen LogP contribution in [-0.4, -0.2) is 67.3 Å². The van der Waals surface area contributed by atoms with Gasteiger partial charge in [-0.2, -0.15) is 0 Å². The molecule has 2 aliphatic heterocycles. The number of benzene rings is 1. The molecule has 1 atom stereocenters. The Morgan fingerprint density at radius 2 is 1.86 bits per heavy atom. The van der Waals surface area contributed by atoms with Gasteiger partial charge in [-0.25, -0.2) is 0 Å². The zero-order valence-corrected chi connectivity index (χ0v) is 14.6. The number of amides is 1. The molecule has 1 N–H and O–H groups in total. The Morgan fingerprint density at radius 1 is 1.18 bits per heavy atom. The highest BCUT2D eigenvalue weighted by Crippen LogP contribution is 2.17. The van der Waals surface area contributed by atoms with Crippen molar-refractivity contribution in [3.8, 4) is 0 Å². The van der Waals surface area contributed by atoms with E-state index in [1.165, 1.54) is 11.3 Å². The largest absolute Gasteiger partial charge is 0.336 e. The number of halogens is 1. The third kappa shape index (κ3) is 3.96. The van der Waals surface area contributed by atoms with Gasteiger partial charge < -0.3 is 10.2 Å². The minimum atomic E-state index is 0. The Hall–Kier alpha value is -0.750. The van der Waals surface area contributed by atoms with Gasteiger partial charge in [0.1, 0.15) is 0 Å². The highest BCUT2D eigenvalue weighted by Gasteiger charge is 2.28. The molecule has 2 saturated heterocycles. The first-order chi connectivity index (χ1) is 10.3. The van der Waals surface area contributed by atoms with E-state index in [0.29, 0.717) is 6.04 Å². The van der Waals surface area contributed by atoms with E-state index >= 15 is 0 Å². The van der Waals surface area contributed by atoms with Crippen LogP contribution in [0, 0.1) is 0 Å². The van der Waals surface area contributed by atoms with E-state index in [2.05, 4.69) is 10.2 Å². The van der Waals surface area contributed by atoms with Crippen LogP contribution in [0.1, 0.15) is 16.8 Å². The Bertz CT molecular complexity index is 483. The average Bonchev–Trinajstić information content (AvgIpc) is 3.09. The minimum Gasteiger partial charge on any atom is -0.336 e. The zero-order valence-electron chi connectivity index (χ0n) is 13.0. The first-order valence-electron chi connectivity index (χ1n) is 7.66. The van der Waals surface area contributed by atoms with Crippen LogP contribution in [0.25, 0.3) is 0 Å². The highest BCUT2D eigenvalue weighted by molar-refractivity contribution is 7.98. The fourth-order valence-corrected chi connectivity index (χ4v) is 3.57. The van der Waals surface area contributed by atoms with Gasteiger partial charge in [0.15, 0.2) is 0 Å². The number of carbonyl (C=O) groups is 1. The summed E-state index contributed by atoms with van der Waals surface area (Å²) in [4.78, 5) is 18.2. The van der Waals surface area contributed by atoms with Crippen molar-refractivity contribution in [1.82, 2.24) is 15.1 Å². The van der Waals surface area contributed by atoms with Gasteiger partial charge in [0.2, 0.25) is 0 Å². The molecule has 2 heterocycles. The molecule has 22 heavy (non-hydrogen) atoms. The molecule has 1 unspecified atom stereocenters. The topological polar surface area (TPSA) is 35.6 Å². The summed E-state index contributed by atoms with van der Waals surface area (Å²) in [6.07, 6.45) is 3.29. The maximum atomic E-state index is 12.5. The maximum absolute atomic E-state index is 12.5. The van der Waals surface area contributed by atoms with E-state index in [-0.39, 0.29) is 18.3 Å². The number of hydrogen-bond donors (Lipinski definition) is 1. The second-order valence-electron chi connectivity index (χ2n) is 5.70. The Morgan fingerprint density at radius 3 is 2.41 bits per heavy atom. The van der Waals surface area contributed by atoms with E-state index < -0.39 is 0 Å². The molecule has 3 rings (SSSR count). The fraction of sp³-hybridized carbons (Fsp3) is 0.562. The van der Waals surface area contributed by atoms with Crippen molar-refractivity contribution in [2.24, 2.45) is 0 Å². The summed E-state index contributed by atoms with van der Waals surface area (Å²) >= 11 is 1.70.